The summed E-state index contributed by atoms with van der Waals surface area (Å²) in [5.41, 5.74) is 0. The molecular weight excluding hydrogens is 510 g/mol. The van der Waals surface area contributed by atoms with Gasteiger partial charge in [0.2, 0.25) is 17.7 Å². The first kappa shape index (κ1) is 29.9. The zero-order valence-electron chi connectivity index (χ0n) is 20.5. The fourth-order valence-electron chi connectivity index (χ4n) is 3.74. The van der Waals surface area contributed by atoms with E-state index in [0.29, 0.717) is 30.8 Å². The number of amides is 3. The number of carbonyl (C=O) groups excluding carboxylic acids is 4. The quantitative estimate of drug-likeness (QED) is 0.230. The number of aliphatic hydroxyl groups excluding tert-OH is 1. The van der Waals surface area contributed by atoms with E-state index >= 15 is 0 Å². The number of rotatable bonds is 5. The Labute approximate surface area is 219 Å². The van der Waals surface area contributed by atoms with Crippen molar-refractivity contribution in [2.45, 2.75) is 76.3 Å². The lowest BCUT2D eigenvalue weighted by molar-refractivity contribution is -0.151. The van der Waals surface area contributed by atoms with Gasteiger partial charge < -0.3 is 25.8 Å². The molecule has 3 amide bonds. The van der Waals surface area contributed by atoms with Crippen molar-refractivity contribution in [1.29, 1.82) is 0 Å². The number of esters is 1. The molecule has 1 saturated heterocycles. The van der Waals surface area contributed by atoms with Gasteiger partial charge in [-0.2, -0.15) is 11.8 Å². The van der Waals surface area contributed by atoms with Crippen LogP contribution in [0.4, 0.5) is 0 Å². The molecule has 2 rings (SSSR count). The summed E-state index contributed by atoms with van der Waals surface area (Å²) >= 11 is 1.55. The number of carbonyl (C=O) groups is 4. The largest absolute Gasteiger partial charge is 0.457 e. The molecular formula is C23H37N3O6S3. The Morgan fingerprint density at radius 1 is 1.14 bits per heavy atom. The number of allylic oxidation sites excluding steroid dienone is 1. The van der Waals surface area contributed by atoms with Crippen LogP contribution in [0.3, 0.4) is 0 Å². The summed E-state index contributed by atoms with van der Waals surface area (Å²) in [7, 11) is 3.05. The van der Waals surface area contributed by atoms with Gasteiger partial charge in [-0.3, -0.25) is 19.2 Å². The first-order valence-corrected chi connectivity index (χ1v) is 15.8. The van der Waals surface area contributed by atoms with Crippen LogP contribution in [0.2, 0.25) is 0 Å². The SMILES string of the molecule is CCC(C)[C@H]1NC(=O)[C@H]2CSSCC/C=C/[C@H](CC(=O)N[C@H](CCSC)C(=O)N2)OC(=O)C[C@@H]1O. The van der Waals surface area contributed by atoms with E-state index in [2.05, 4.69) is 16.0 Å². The lowest BCUT2D eigenvalue weighted by Gasteiger charge is -2.31. The van der Waals surface area contributed by atoms with Crippen LogP contribution in [0.25, 0.3) is 0 Å². The van der Waals surface area contributed by atoms with E-state index in [1.54, 1.807) is 28.6 Å². The smallest absolute Gasteiger partial charge is 0.309 e. The molecule has 6 atom stereocenters. The van der Waals surface area contributed by atoms with Crippen LogP contribution in [-0.2, 0) is 23.9 Å². The Balaban J connectivity index is 2.46. The highest BCUT2D eigenvalue weighted by Crippen LogP contribution is 2.24. The zero-order chi connectivity index (χ0) is 25.8. The molecule has 2 aliphatic rings. The Kier molecular flexibility index (Phi) is 13.4. The van der Waals surface area contributed by atoms with Crippen molar-refractivity contribution in [2.24, 2.45) is 5.92 Å². The maximum atomic E-state index is 13.3. The summed E-state index contributed by atoms with van der Waals surface area (Å²) in [5.74, 6) is -0.362. The number of thioether (sulfide) groups is 1. The first-order valence-electron chi connectivity index (χ1n) is 11.9. The summed E-state index contributed by atoms with van der Waals surface area (Å²) in [6.07, 6.45) is 4.75. The molecule has 0 aromatic carbocycles. The van der Waals surface area contributed by atoms with E-state index in [0.717, 1.165) is 5.75 Å². The van der Waals surface area contributed by atoms with E-state index in [1.165, 1.54) is 10.8 Å². The molecule has 4 N–H and O–H groups in total. The summed E-state index contributed by atoms with van der Waals surface area (Å²) in [6.45, 7) is 3.82. The number of aliphatic hydroxyl groups is 1. The van der Waals surface area contributed by atoms with E-state index in [-0.39, 0.29) is 18.8 Å². The summed E-state index contributed by atoms with van der Waals surface area (Å²) in [6, 6.07) is -2.39. The topological polar surface area (TPSA) is 134 Å². The highest BCUT2D eigenvalue weighted by Gasteiger charge is 2.34. The molecule has 0 aliphatic carbocycles. The average Bonchev–Trinajstić information content (AvgIpc) is 2.81. The summed E-state index contributed by atoms with van der Waals surface area (Å²) < 4.78 is 5.54. The first-order chi connectivity index (χ1) is 16.7. The van der Waals surface area contributed by atoms with Gasteiger partial charge in [-0.1, -0.05) is 47.9 Å². The van der Waals surface area contributed by atoms with Crippen molar-refractivity contribution in [3.05, 3.63) is 12.2 Å². The van der Waals surface area contributed by atoms with Gasteiger partial charge in [-0.15, -0.1) is 0 Å². The van der Waals surface area contributed by atoms with Gasteiger partial charge in [0.05, 0.1) is 25.0 Å². The molecule has 0 spiro atoms. The molecule has 0 saturated carbocycles. The lowest BCUT2D eigenvalue weighted by atomic mass is 9.92. The second kappa shape index (κ2) is 15.7. The second-order valence-electron chi connectivity index (χ2n) is 8.71. The monoisotopic (exact) mass is 547 g/mol. The van der Waals surface area contributed by atoms with Crippen LogP contribution in [0.15, 0.2) is 12.2 Å². The van der Waals surface area contributed by atoms with Crippen molar-refractivity contribution in [1.82, 2.24) is 16.0 Å². The van der Waals surface area contributed by atoms with E-state index in [9.17, 15) is 24.3 Å². The standard InChI is InChI=1S/C23H37N3O6S3/c1-4-14(2)21-18(27)12-20(29)32-15-7-5-6-9-34-35-13-17(23(31)26-21)25-22(30)16(8-10-33-3)24-19(28)11-15/h5,7,14-18,21,27H,4,6,8-13H2,1-3H3,(H,24,28)(H,25,30)(H,26,31)/b7-5+/t14?,15-,16-,17-,18+,21-/m1/s1. The lowest BCUT2D eigenvalue weighted by Crippen LogP contribution is -2.58. The molecule has 1 fully saturated rings. The number of ether oxygens (including phenoxy) is 1. The highest BCUT2D eigenvalue weighted by atomic mass is 33.1. The van der Waals surface area contributed by atoms with Gasteiger partial charge in [-0.25, -0.2) is 0 Å². The zero-order valence-corrected chi connectivity index (χ0v) is 22.9. The summed E-state index contributed by atoms with van der Waals surface area (Å²) in [5, 5.41) is 19.3. The Morgan fingerprint density at radius 2 is 1.91 bits per heavy atom. The average molecular weight is 548 g/mol. The Morgan fingerprint density at radius 3 is 2.63 bits per heavy atom. The number of fused-ring (bicyclic) bond motifs is 7. The predicted octanol–water partition coefficient (Wildman–Crippen LogP) is 1.65. The number of hydrogen-bond acceptors (Lipinski definition) is 9. The third kappa shape index (κ3) is 10.3. The van der Waals surface area contributed by atoms with Crippen LogP contribution in [0.5, 0.6) is 0 Å². The third-order valence-corrected chi connectivity index (χ3v) is 9.05. The molecule has 0 radical (unpaired) electrons. The Bertz CT molecular complexity index is 769. The molecule has 0 aromatic rings. The fraction of sp³-hybridized carbons (Fsp3) is 0.739. The molecule has 198 valence electrons. The number of nitrogens with one attached hydrogen (secondary N) is 3. The van der Waals surface area contributed by atoms with Gasteiger partial charge in [0.15, 0.2) is 0 Å². The molecule has 2 aliphatic heterocycles. The maximum absolute atomic E-state index is 13.3. The molecule has 1 unspecified atom stereocenters. The van der Waals surface area contributed by atoms with E-state index in [4.69, 9.17) is 4.74 Å². The number of hydrogen-bond donors (Lipinski definition) is 4. The van der Waals surface area contributed by atoms with Gasteiger partial charge in [-0.05, 0) is 36.8 Å². The van der Waals surface area contributed by atoms with Crippen LogP contribution < -0.4 is 16.0 Å². The molecule has 35 heavy (non-hydrogen) atoms. The third-order valence-electron chi connectivity index (χ3n) is 5.96. The van der Waals surface area contributed by atoms with Gasteiger partial charge in [0, 0.05) is 11.5 Å². The van der Waals surface area contributed by atoms with Crippen LogP contribution in [0.1, 0.15) is 46.0 Å². The van der Waals surface area contributed by atoms with Crippen molar-refractivity contribution in [3.63, 3.8) is 0 Å². The molecule has 12 heteroatoms. The highest BCUT2D eigenvalue weighted by molar-refractivity contribution is 8.76. The van der Waals surface area contributed by atoms with Gasteiger partial charge >= 0.3 is 5.97 Å². The van der Waals surface area contributed by atoms with Crippen molar-refractivity contribution in [3.8, 4) is 0 Å². The fourth-order valence-corrected chi connectivity index (χ4v) is 6.36. The van der Waals surface area contributed by atoms with Crippen LogP contribution in [0, 0.1) is 5.92 Å². The minimum Gasteiger partial charge on any atom is -0.457 e. The molecule has 9 nitrogen and oxygen atoms in total. The maximum Gasteiger partial charge on any atom is 0.309 e. The molecule has 0 aromatic heterocycles. The van der Waals surface area contributed by atoms with Crippen molar-refractivity contribution < 1.29 is 29.0 Å². The molecule has 2 bridgehead atoms. The minimum absolute atomic E-state index is 0.122. The van der Waals surface area contributed by atoms with Crippen LogP contribution >= 0.6 is 33.3 Å². The van der Waals surface area contributed by atoms with Crippen LogP contribution in [-0.4, -0.2) is 82.6 Å². The van der Waals surface area contributed by atoms with Gasteiger partial charge in [0.1, 0.15) is 18.2 Å². The Hall–Kier alpha value is -1.37. The van der Waals surface area contributed by atoms with E-state index < -0.39 is 54.0 Å². The molecule has 2 heterocycles. The van der Waals surface area contributed by atoms with Crippen molar-refractivity contribution in [2.75, 3.05) is 23.5 Å². The summed E-state index contributed by atoms with van der Waals surface area (Å²) in [4.78, 5) is 51.9. The van der Waals surface area contributed by atoms with Gasteiger partial charge in [0.25, 0.3) is 0 Å². The van der Waals surface area contributed by atoms with E-state index in [1.807, 2.05) is 26.2 Å². The normalized spacial score (nSPS) is 31.5. The van der Waals surface area contributed by atoms with Crippen molar-refractivity contribution >= 4 is 57.0 Å². The predicted molar refractivity (Wildman–Crippen MR) is 142 cm³/mol. The minimum atomic E-state index is -1.18. The second-order valence-corrected chi connectivity index (χ2v) is 12.3.